The number of anilines is 1. The van der Waals surface area contributed by atoms with E-state index in [4.69, 9.17) is 19.4 Å². The Morgan fingerprint density at radius 1 is 1.02 bits per heavy atom. The van der Waals surface area contributed by atoms with Gasteiger partial charge in [-0.15, -0.1) is 0 Å². The molecule has 11 heteroatoms. The number of amides is 1. The van der Waals surface area contributed by atoms with Crippen molar-refractivity contribution in [1.29, 1.82) is 0 Å². The average Bonchev–Trinajstić information content (AvgIpc) is 3.47. The summed E-state index contributed by atoms with van der Waals surface area (Å²) < 4.78 is 26.0. The number of hydrogen-bond acceptors (Lipinski definition) is 8. The van der Waals surface area contributed by atoms with Gasteiger partial charge in [0, 0.05) is 35.3 Å². The van der Waals surface area contributed by atoms with Gasteiger partial charge in [-0.25, -0.2) is 19.3 Å². The predicted molar refractivity (Wildman–Crippen MR) is 156 cm³/mol. The minimum Gasteiger partial charge on any atom is -0.351 e. The minimum atomic E-state index is -0.745. The first kappa shape index (κ1) is 28.0. The second-order valence-corrected chi connectivity index (χ2v) is 11.1. The maximum Gasteiger partial charge on any atom is 0.251 e. The lowest BCUT2D eigenvalue weighted by Crippen LogP contribution is -2.45. The van der Waals surface area contributed by atoms with Gasteiger partial charge in [-0.2, -0.15) is 0 Å². The summed E-state index contributed by atoms with van der Waals surface area (Å²) in [5.41, 5.74) is 2.81. The fraction of sp³-hybridized carbons (Fsp3) is 0.355. The van der Waals surface area contributed by atoms with E-state index in [2.05, 4.69) is 25.9 Å². The number of nitrogens with one attached hydrogen (secondary N) is 4. The van der Waals surface area contributed by atoms with Crippen LogP contribution in [0.5, 0.6) is 0 Å². The number of H-pyrrole nitrogens is 1. The van der Waals surface area contributed by atoms with Crippen molar-refractivity contribution >= 4 is 11.9 Å². The first-order valence-corrected chi connectivity index (χ1v) is 14.2. The van der Waals surface area contributed by atoms with E-state index in [1.54, 1.807) is 30.5 Å². The topological polar surface area (TPSA) is 126 Å². The van der Waals surface area contributed by atoms with Crippen molar-refractivity contribution in [3.05, 3.63) is 84.1 Å². The Morgan fingerprint density at radius 2 is 1.76 bits per heavy atom. The molecule has 0 unspecified atom stereocenters. The number of benzene rings is 2. The number of nitrogens with zero attached hydrogens (tertiary/aromatic N) is 3. The van der Waals surface area contributed by atoms with E-state index in [9.17, 15) is 9.18 Å². The molecule has 2 fully saturated rings. The molecule has 6 rings (SSSR count). The van der Waals surface area contributed by atoms with Crippen LogP contribution in [-0.4, -0.2) is 64.7 Å². The number of hydrogen-bond donors (Lipinski definition) is 4. The van der Waals surface area contributed by atoms with Gasteiger partial charge >= 0.3 is 0 Å². The maximum atomic E-state index is 13.8. The number of carbonyl (C=O) groups is 1. The lowest BCUT2D eigenvalue weighted by atomic mass is 9.92. The molecule has 4 aromatic rings. The predicted octanol–water partition coefficient (Wildman–Crippen LogP) is 4.32. The fourth-order valence-corrected chi connectivity index (χ4v) is 5.11. The number of carbonyl (C=O) groups excluding carboxylic acids is 1. The Bertz CT molecular complexity index is 1500. The molecule has 2 saturated heterocycles. The van der Waals surface area contributed by atoms with Crippen molar-refractivity contribution < 1.29 is 18.7 Å². The first-order chi connectivity index (χ1) is 20.5. The smallest absolute Gasteiger partial charge is 0.251 e. The summed E-state index contributed by atoms with van der Waals surface area (Å²) in [5.74, 6) is 0.548. The van der Waals surface area contributed by atoms with Gasteiger partial charge in [0.2, 0.25) is 12.2 Å². The zero-order valence-corrected chi connectivity index (χ0v) is 23.4. The van der Waals surface area contributed by atoms with Crippen molar-refractivity contribution in [2.24, 2.45) is 5.41 Å². The molecule has 0 radical (unpaired) electrons. The van der Waals surface area contributed by atoms with Crippen LogP contribution in [0.1, 0.15) is 42.2 Å². The summed E-state index contributed by atoms with van der Waals surface area (Å²) in [5, 5.41) is 9.79. The number of aromatic amines is 1. The van der Waals surface area contributed by atoms with Crippen LogP contribution in [0, 0.1) is 11.2 Å². The van der Waals surface area contributed by atoms with E-state index in [1.807, 2.05) is 31.2 Å². The maximum absolute atomic E-state index is 13.8. The highest BCUT2D eigenvalue weighted by molar-refractivity contribution is 5.94. The van der Waals surface area contributed by atoms with Crippen LogP contribution in [0.3, 0.4) is 0 Å². The molecule has 2 aliphatic rings. The van der Waals surface area contributed by atoms with Crippen molar-refractivity contribution in [2.45, 2.75) is 32.1 Å². The SMILES string of the molecule is CC1(CNC(=O)c2ccccc2)COC(c2nc(-c3ccc(F)cc3)c(-c3ccnc(NC4CCNCC4)n3)[nH]2)OC1. The standard InChI is InChI=1S/C31H34FN7O3/c1-31(17-35-28(40)21-5-3-2-4-6-21)18-41-29(42-19-31)27-38-25(20-7-9-22(32)10-8-20)26(39-27)24-13-16-34-30(37-24)36-23-11-14-33-15-12-23/h2-10,13,16,23,29,33H,11-12,14-15,17-19H2,1H3,(H,35,40)(H,38,39)(H,34,36,37). The summed E-state index contributed by atoms with van der Waals surface area (Å²) in [6.07, 6.45) is 2.95. The summed E-state index contributed by atoms with van der Waals surface area (Å²) in [7, 11) is 0. The van der Waals surface area contributed by atoms with E-state index in [1.165, 1.54) is 12.1 Å². The third kappa shape index (κ3) is 6.48. The molecule has 0 saturated carbocycles. The first-order valence-electron chi connectivity index (χ1n) is 14.2. The molecule has 4 heterocycles. The highest BCUT2D eigenvalue weighted by atomic mass is 19.1. The Morgan fingerprint density at radius 3 is 2.50 bits per heavy atom. The lowest BCUT2D eigenvalue weighted by molar-refractivity contribution is -0.231. The second kappa shape index (κ2) is 12.4. The minimum absolute atomic E-state index is 0.141. The summed E-state index contributed by atoms with van der Waals surface area (Å²) >= 11 is 0. The zero-order valence-electron chi connectivity index (χ0n) is 23.4. The number of piperidine rings is 1. The van der Waals surface area contributed by atoms with Crippen LogP contribution in [0.4, 0.5) is 10.3 Å². The van der Waals surface area contributed by atoms with Gasteiger partial charge in [0.1, 0.15) is 5.82 Å². The van der Waals surface area contributed by atoms with Crippen molar-refractivity contribution in [3.63, 3.8) is 0 Å². The van der Waals surface area contributed by atoms with Crippen LogP contribution < -0.4 is 16.0 Å². The van der Waals surface area contributed by atoms with Gasteiger partial charge < -0.3 is 30.4 Å². The molecule has 0 aliphatic carbocycles. The van der Waals surface area contributed by atoms with E-state index in [0.717, 1.165) is 31.5 Å². The molecule has 4 N–H and O–H groups in total. The third-order valence-corrected chi connectivity index (χ3v) is 7.53. The van der Waals surface area contributed by atoms with Gasteiger partial charge in [-0.3, -0.25) is 4.79 Å². The molecule has 0 atom stereocenters. The monoisotopic (exact) mass is 571 g/mol. The summed E-state index contributed by atoms with van der Waals surface area (Å²) in [6, 6.07) is 17.4. The summed E-state index contributed by atoms with van der Waals surface area (Å²) in [6.45, 7) is 5.01. The highest BCUT2D eigenvalue weighted by Gasteiger charge is 2.35. The normalized spacial score (nSPS) is 21.1. The quantitative estimate of drug-likeness (QED) is 0.246. The number of aromatic nitrogens is 4. The second-order valence-electron chi connectivity index (χ2n) is 11.1. The van der Waals surface area contributed by atoms with Gasteiger partial charge in [0.15, 0.2) is 5.82 Å². The van der Waals surface area contributed by atoms with Crippen LogP contribution in [0.15, 0.2) is 66.9 Å². The molecule has 10 nitrogen and oxygen atoms in total. The molecule has 1 amide bonds. The van der Waals surface area contributed by atoms with Gasteiger partial charge in [-0.1, -0.05) is 25.1 Å². The zero-order chi connectivity index (χ0) is 28.9. The summed E-state index contributed by atoms with van der Waals surface area (Å²) in [4.78, 5) is 29.9. The largest absolute Gasteiger partial charge is 0.351 e. The Labute approximate surface area is 243 Å². The van der Waals surface area contributed by atoms with Crippen LogP contribution in [-0.2, 0) is 9.47 Å². The third-order valence-electron chi connectivity index (χ3n) is 7.53. The van der Waals surface area contributed by atoms with E-state index in [0.29, 0.717) is 60.2 Å². The van der Waals surface area contributed by atoms with Crippen molar-refractivity contribution in [1.82, 2.24) is 30.6 Å². The average molecular weight is 572 g/mol. The van der Waals surface area contributed by atoms with Gasteiger partial charge in [0.05, 0.1) is 30.3 Å². The fourth-order valence-electron chi connectivity index (χ4n) is 5.11. The van der Waals surface area contributed by atoms with Crippen LogP contribution in [0.25, 0.3) is 22.6 Å². The molecular weight excluding hydrogens is 537 g/mol. The van der Waals surface area contributed by atoms with Crippen molar-refractivity contribution in [3.8, 4) is 22.6 Å². The lowest BCUT2D eigenvalue weighted by Gasteiger charge is -2.36. The molecule has 2 aromatic heterocycles. The molecule has 2 aromatic carbocycles. The number of ether oxygens (including phenoxy) is 2. The van der Waals surface area contributed by atoms with E-state index in [-0.39, 0.29) is 11.7 Å². The number of rotatable bonds is 8. The molecule has 42 heavy (non-hydrogen) atoms. The molecule has 0 spiro atoms. The van der Waals surface area contributed by atoms with Gasteiger partial charge in [0.25, 0.3) is 5.91 Å². The molecule has 0 bridgehead atoms. The number of halogens is 1. The van der Waals surface area contributed by atoms with E-state index >= 15 is 0 Å². The molecule has 218 valence electrons. The molecule has 2 aliphatic heterocycles. The number of imidazole rings is 1. The Hall–Kier alpha value is -4.19. The van der Waals surface area contributed by atoms with E-state index < -0.39 is 11.7 Å². The van der Waals surface area contributed by atoms with Crippen LogP contribution in [0.2, 0.25) is 0 Å². The van der Waals surface area contributed by atoms with Crippen LogP contribution >= 0.6 is 0 Å². The Kier molecular flexibility index (Phi) is 8.22. The highest BCUT2D eigenvalue weighted by Crippen LogP contribution is 2.35. The Balaban J connectivity index is 1.20. The van der Waals surface area contributed by atoms with Gasteiger partial charge in [-0.05, 0) is 68.4 Å². The van der Waals surface area contributed by atoms with Crippen molar-refractivity contribution in [2.75, 3.05) is 38.2 Å². The molecular formula is C31H34FN7O3.